The highest BCUT2D eigenvalue weighted by molar-refractivity contribution is 5.77. The van der Waals surface area contributed by atoms with Crippen LogP contribution in [0.25, 0.3) is 11.1 Å². The van der Waals surface area contributed by atoms with Crippen molar-refractivity contribution in [2.45, 2.75) is 32.7 Å². The number of aromatic nitrogens is 1. The first kappa shape index (κ1) is 16.9. The number of aryl methyl sites for hydroxylation is 1. The van der Waals surface area contributed by atoms with E-state index in [1.54, 1.807) is 14.2 Å². The average molecular weight is 306 g/mol. The minimum absolute atomic E-state index is 0.113. The molecular formula is C17H26N2O3. The molecule has 5 nitrogen and oxygen atoms in total. The Morgan fingerprint density at radius 1 is 1.23 bits per heavy atom. The number of methoxy groups -OCH3 is 2. The van der Waals surface area contributed by atoms with Crippen molar-refractivity contribution in [1.29, 1.82) is 0 Å². The number of hydrogen-bond donors (Lipinski definition) is 1. The third-order valence-electron chi connectivity index (χ3n) is 3.64. The van der Waals surface area contributed by atoms with E-state index in [0.29, 0.717) is 13.2 Å². The van der Waals surface area contributed by atoms with Crippen molar-refractivity contribution >= 4 is 11.1 Å². The maximum atomic E-state index is 5.87. The molecule has 2 rings (SSSR count). The molecule has 0 spiro atoms. The van der Waals surface area contributed by atoms with E-state index in [4.69, 9.17) is 13.9 Å². The smallest absolute Gasteiger partial charge is 0.198 e. The topological polar surface area (TPSA) is 56.5 Å². The second-order valence-electron chi connectivity index (χ2n) is 5.85. The summed E-state index contributed by atoms with van der Waals surface area (Å²) in [6, 6.07) is 4.34. The Morgan fingerprint density at radius 3 is 2.64 bits per heavy atom. The zero-order valence-corrected chi connectivity index (χ0v) is 14.1. The molecule has 1 N–H and O–H groups in total. The normalized spacial score (nSPS) is 13.2. The van der Waals surface area contributed by atoms with Gasteiger partial charge in [-0.05, 0) is 24.1 Å². The van der Waals surface area contributed by atoms with E-state index < -0.39 is 0 Å². The van der Waals surface area contributed by atoms with E-state index >= 15 is 0 Å². The molecule has 0 saturated carbocycles. The van der Waals surface area contributed by atoms with Crippen molar-refractivity contribution in [2.75, 3.05) is 34.0 Å². The predicted molar refractivity (Wildman–Crippen MR) is 87.3 cm³/mol. The second kappa shape index (κ2) is 7.72. The van der Waals surface area contributed by atoms with E-state index in [1.165, 1.54) is 0 Å². The van der Waals surface area contributed by atoms with E-state index in [9.17, 15) is 0 Å². The number of rotatable bonds is 8. The maximum Gasteiger partial charge on any atom is 0.198 e. The van der Waals surface area contributed by atoms with Crippen molar-refractivity contribution in [3.05, 3.63) is 29.2 Å². The van der Waals surface area contributed by atoms with Crippen LogP contribution in [0.2, 0.25) is 0 Å². The Kier molecular flexibility index (Phi) is 5.94. The molecule has 1 atom stereocenters. The number of oxazole rings is 1. The van der Waals surface area contributed by atoms with Gasteiger partial charge in [-0.15, -0.1) is 0 Å². The molecule has 0 bridgehead atoms. The fourth-order valence-electron chi connectivity index (χ4n) is 2.47. The first-order valence-corrected chi connectivity index (χ1v) is 7.69. The summed E-state index contributed by atoms with van der Waals surface area (Å²) >= 11 is 0. The third kappa shape index (κ3) is 3.85. The number of ether oxygens (including phenoxy) is 2. The summed E-state index contributed by atoms with van der Waals surface area (Å²) in [6.45, 7) is 8.27. The average Bonchev–Trinajstić information content (AvgIpc) is 2.91. The van der Waals surface area contributed by atoms with Gasteiger partial charge < -0.3 is 19.2 Å². The monoisotopic (exact) mass is 306 g/mol. The molecule has 1 heterocycles. The molecule has 0 aliphatic carbocycles. The number of benzene rings is 1. The van der Waals surface area contributed by atoms with Gasteiger partial charge in [-0.3, -0.25) is 0 Å². The third-order valence-corrected chi connectivity index (χ3v) is 3.64. The lowest BCUT2D eigenvalue weighted by atomic mass is 10.0. The fraction of sp³-hybridized carbons (Fsp3) is 0.588. The molecule has 5 heteroatoms. The number of nitrogens with one attached hydrogen (secondary N) is 1. The van der Waals surface area contributed by atoms with Gasteiger partial charge in [-0.2, -0.15) is 0 Å². The molecule has 0 fully saturated rings. The summed E-state index contributed by atoms with van der Waals surface area (Å²) in [5, 5.41) is 3.45. The van der Waals surface area contributed by atoms with Crippen molar-refractivity contribution in [3.63, 3.8) is 0 Å². The van der Waals surface area contributed by atoms with Gasteiger partial charge in [0.1, 0.15) is 5.52 Å². The van der Waals surface area contributed by atoms with Gasteiger partial charge in [0.15, 0.2) is 11.5 Å². The molecule has 0 amide bonds. The van der Waals surface area contributed by atoms with E-state index in [-0.39, 0.29) is 12.0 Å². The summed E-state index contributed by atoms with van der Waals surface area (Å²) in [5.74, 6) is 1.07. The Morgan fingerprint density at radius 2 is 2.00 bits per heavy atom. The van der Waals surface area contributed by atoms with Crippen LogP contribution in [0.15, 0.2) is 16.5 Å². The van der Waals surface area contributed by atoms with Gasteiger partial charge in [0.25, 0.3) is 0 Å². The standard InChI is InChI=1S/C17H26N2O3/c1-11(2)17-19-14-9-13(8-12(3)16(14)22-17)15(10-21-5)18-6-7-20-4/h8-9,11,15,18H,6-7,10H2,1-5H3. The maximum absolute atomic E-state index is 5.87. The SMILES string of the molecule is COCCNC(COC)c1cc(C)c2oc(C(C)C)nc2c1. The van der Waals surface area contributed by atoms with Gasteiger partial charge in [-0.1, -0.05) is 19.9 Å². The molecule has 0 aliphatic heterocycles. The van der Waals surface area contributed by atoms with E-state index in [0.717, 1.165) is 34.7 Å². The van der Waals surface area contributed by atoms with Crippen LogP contribution in [0.3, 0.4) is 0 Å². The molecule has 2 aromatic rings. The summed E-state index contributed by atoms with van der Waals surface area (Å²) < 4.78 is 16.3. The molecule has 122 valence electrons. The lowest BCUT2D eigenvalue weighted by Gasteiger charge is -2.18. The van der Waals surface area contributed by atoms with Gasteiger partial charge >= 0.3 is 0 Å². The van der Waals surface area contributed by atoms with Crippen LogP contribution in [-0.2, 0) is 9.47 Å². The van der Waals surface area contributed by atoms with E-state index in [1.807, 2.05) is 0 Å². The van der Waals surface area contributed by atoms with Crippen LogP contribution in [0, 0.1) is 6.92 Å². The summed E-state index contributed by atoms with van der Waals surface area (Å²) in [4.78, 5) is 4.61. The van der Waals surface area contributed by atoms with Crippen molar-refractivity contribution in [1.82, 2.24) is 10.3 Å². The molecule has 22 heavy (non-hydrogen) atoms. The number of hydrogen-bond acceptors (Lipinski definition) is 5. The van der Waals surface area contributed by atoms with Gasteiger partial charge in [0.2, 0.25) is 0 Å². The Labute approximate surface area is 132 Å². The van der Waals surface area contributed by atoms with Crippen LogP contribution in [0.1, 0.15) is 42.8 Å². The van der Waals surface area contributed by atoms with Gasteiger partial charge in [0, 0.05) is 26.7 Å². The van der Waals surface area contributed by atoms with Crippen LogP contribution >= 0.6 is 0 Å². The fourth-order valence-corrected chi connectivity index (χ4v) is 2.47. The molecule has 1 aromatic carbocycles. The highest BCUT2D eigenvalue weighted by Crippen LogP contribution is 2.27. The molecule has 0 aliphatic rings. The van der Waals surface area contributed by atoms with Crippen LogP contribution in [0.4, 0.5) is 0 Å². The Bertz CT molecular complexity index is 607. The zero-order valence-electron chi connectivity index (χ0n) is 14.1. The first-order valence-electron chi connectivity index (χ1n) is 7.69. The minimum atomic E-state index is 0.113. The highest BCUT2D eigenvalue weighted by atomic mass is 16.5. The van der Waals surface area contributed by atoms with Crippen molar-refractivity contribution < 1.29 is 13.9 Å². The molecule has 1 aromatic heterocycles. The lowest BCUT2D eigenvalue weighted by molar-refractivity contribution is 0.153. The Balaban J connectivity index is 2.31. The van der Waals surface area contributed by atoms with Gasteiger partial charge in [-0.25, -0.2) is 4.98 Å². The van der Waals surface area contributed by atoms with Crippen LogP contribution in [0.5, 0.6) is 0 Å². The molecular weight excluding hydrogens is 280 g/mol. The number of fused-ring (bicyclic) bond motifs is 1. The number of nitrogens with zero attached hydrogens (tertiary/aromatic N) is 1. The summed E-state index contributed by atoms with van der Waals surface area (Å²) in [7, 11) is 3.41. The van der Waals surface area contributed by atoms with Gasteiger partial charge in [0.05, 0.1) is 19.3 Å². The second-order valence-corrected chi connectivity index (χ2v) is 5.85. The summed E-state index contributed by atoms with van der Waals surface area (Å²) in [5.41, 5.74) is 4.04. The molecule has 0 saturated heterocycles. The highest BCUT2D eigenvalue weighted by Gasteiger charge is 2.16. The van der Waals surface area contributed by atoms with Crippen LogP contribution in [-0.4, -0.2) is 39.0 Å². The largest absolute Gasteiger partial charge is 0.440 e. The van der Waals surface area contributed by atoms with Crippen molar-refractivity contribution in [3.8, 4) is 0 Å². The van der Waals surface area contributed by atoms with E-state index in [2.05, 4.69) is 43.2 Å². The van der Waals surface area contributed by atoms with Crippen molar-refractivity contribution in [2.24, 2.45) is 0 Å². The predicted octanol–water partition coefficient (Wildman–Crippen LogP) is 3.18. The summed E-state index contributed by atoms with van der Waals surface area (Å²) in [6.07, 6.45) is 0. The Hall–Kier alpha value is -1.43. The first-order chi connectivity index (χ1) is 10.6. The van der Waals surface area contributed by atoms with Crippen LogP contribution < -0.4 is 5.32 Å². The lowest BCUT2D eigenvalue weighted by Crippen LogP contribution is -2.28. The zero-order chi connectivity index (χ0) is 16.1. The molecule has 1 unspecified atom stereocenters. The minimum Gasteiger partial charge on any atom is -0.440 e. The molecule has 0 radical (unpaired) electrons. The quantitative estimate of drug-likeness (QED) is 0.759.